The van der Waals surface area contributed by atoms with Gasteiger partial charge in [0.05, 0.1) is 12.1 Å². The minimum absolute atomic E-state index is 0.193. The summed E-state index contributed by atoms with van der Waals surface area (Å²) in [6, 6.07) is 18.2. The highest BCUT2D eigenvalue weighted by Gasteiger charge is 2.28. The van der Waals surface area contributed by atoms with Gasteiger partial charge in [0, 0.05) is 21.4 Å². The Labute approximate surface area is 212 Å². The van der Waals surface area contributed by atoms with Gasteiger partial charge in [0.1, 0.15) is 17.0 Å². The molecule has 0 amide bonds. The summed E-state index contributed by atoms with van der Waals surface area (Å²) in [6.07, 6.45) is 1.42. The van der Waals surface area contributed by atoms with E-state index >= 15 is 0 Å². The molecule has 0 aliphatic rings. The Bertz CT molecular complexity index is 1370. The molecule has 0 atom stereocenters. The molecular weight excluding hydrogens is 458 g/mol. The molecule has 3 aromatic carbocycles. The Morgan fingerprint density at radius 3 is 2.34 bits per heavy atom. The van der Waals surface area contributed by atoms with Gasteiger partial charge in [-0.15, -0.1) is 0 Å². The number of fused-ring (bicyclic) bond motifs is 2. The Morgan fingerprint density at radius 2 is 1.63 bits per heavy atom. The van der Waals surface area contributed by atoms with Crippen LogP contribution in [0, 0.1) is 0 Å². The number of carbonyl (C=O) groups is 1. The van der Waals surface area contributed by atoms with Crippen molar-refractivity contribution >= 4 is 39.2 Å². The zero-order chi connectivity index (χ0) is 25.4. The van der Waals surface area contributed by atoms with E-state index in [1.807, 2.05) is 57.2 Å². The fourth-order valence-electron chi connectivity index (χ4n) is 4.54. The number of hydrogen-bond donors (Lipinski definition) is 1. The van der Waals surface area contributed by atoms with Gasteiger partial charge in [-0.3, -0.25) is 0 Å². The van der Waals surface area contributed by atoms with Crippen LogP contribution in [-0.4, -0.2) is 23.2 Å². The molecule has 0 saturated carbocycles. The second kappa shape index (κ2) is 9.58. The number of nitrogens with one attached hydrogen (secondary N) is 1. The summed E-state index contributed by atoms with van der Waals surface area (Å²) >= 11 is 6.62. The number of benzene rings is 3. The molecule has 0 aliphatic carbocycles. The van der Waals surface area contributed by atoms with Crippen molar-refractivity contribution in [1.82, 2.24) is 4.98 Å². The molecule has 0 radical (unpaired) electrons. The molecule has 0 saturated heterocycles. The van der Waals surface area contributed by atoms with E-state index < -0.39 is 5.60 Å². The fourth-order valence-corrected chi connectivity index (χ4v) is 4.98. The predicted octanol–water partition coefficient (Wildman–Crippen LogP) is 8.24. The first kappa shape index (κ1) is 25.1. The number of halogens is 1. The number of carbonyl (C=O) groups excluding carboxylic acids is 1. The summed E-state index contributed by atoms with van der Waals surface area (Å²) in [4.78, 5) is 16.6. The van der Waals surface area contributed by atoms with Gasteiger partial charge in [0.25, 0.3) is 0 Å². The van der Waals surface area contributed by atoms with Crippen LogP contribution in [0.25, 0.3) is 21.7 Å². The third-order valence-corrected chi connectivity index (χ3v) is 6.28. The van der Waals surface area contributed by atoms with Crippen LogP contribution >= 0.6 is 11.6 Å². The SMILES string of the molecule is CC(C)(C)OC(=O)c1[nH]c2c(C(C)(C)C)c(Cl)ccc2c1CCCOc1cccc2ccccc12. The molecule has 0 unspecified atom stereocenters. The lowest BCUT2D eigenvalue weighted by Crippen LogP contribution is -2.24. The van der Waals surface area contributed by atoms with Crippen molar-refractivity contribution in [1.29, 1.82) is 0 Å². The van der Waals surface area contributed by atoms with Gasteiger partial charge in [-0.1, -0.05) is 74.8 Å². The second-order valence-corrected chi connectivity index (χ2v) is 11.4. The quantitative estimate of drug-likeness (QED) is 0.218. The van der Waals surface area contributed by atoms with Crippen molar-refractivity contribution in [3.63, 3.8) is 0 Å². The van der Waals surface area contributed by atoms with Gasteiger partial charge in [0.15, 0.2) is 0 Å². The largest absolute Gasteiger partial charge is 0.493 e. The van der Waals surface area contributed by atoms with Crippen LogP contribution < -0.4 is 4.74 Å². The molecule has 35 heavy (non-hydrogen) atoms. The standard InChI is InChI=1S/C30H34ClNO3/c1-29(2,3)25-23(31)17-16-22-21(27(32-26(22)25)28(33)35-30(4,5)6)14-10-18-34-24-15-9-12-19-11-7-8-13-20(19)24/h7-9,11-13,15-17,32H,10,14,18H2,1-6H3. The molecule has 0 aliphatic heterocycles. The van der Waals surface area contributed by atoms with Crippen molar-refractivity contribution in [2.75, 3.05) is 6.61 Å². The van der Waals surface area contributed by atoms with Crippen LogP contribution in [-0.2, 0) is 16.6 Å². The zero-order valence-electron chi connectivity index (χ0n) is 21.4. The molecule has 0 spiro atoms. The predicted molar refractivity (Wildman–Crippen MR) is 145 cm³/mol. The summed E-state index contributed by atoms with van der Waals surface area (Å²) < 4.78 is 11.9. The van der Waals surface area contributed by atoms with Crippen molar-refractivity contribution in [3.05, 3.63) is 76.4 Å². The van der Waals surface area contributed by atoms with Gasteiger partial charge < -0.3 is 14.5 Å². The lowest BCUT2D eigenvalue weighted by atomic mass is 9.85. The highest BCUT2D eigenvalue weighted by molar-refractivity contribution is 6.32. The fraction of sp³-hybridized carbons (Fsp3) is 0.367. The molecule has 4 rings (SSSR count). The first-order valence-electron chi connectivity index (χ1n) is 12.1. The average Bonchev–Trinajstić information content (AvgIpc) is 3.13. The van der Waals surface area contributed by atoms with Crippen LogP contribution in [0.3, 0.4) is 0 Å². The van der Waals surface area contributed by atoms with E-state index in [0.29, 0.717) is 23.7 Å². The molecule has 4 nitrogen and oxygen atoms in total. The van der Waals surface area contributed by atoms with E-state index in [2.05, 4.69) is 44.0 Å². The number of aromatic amines is 1. The molecular formula is C30H34ClNO3. The second-order valence-electron chi connectivity index (χ2n) is 11.0. The van der Waals surface area contributed by atoms with E-state index in [4.69, 9.17) is 21.1 Å². The highest BCUT2D eigenvalue weighted by atomic mass is 35.5. The summed E-state index contributed by atoms with van der Waals surface area (Å²) in [7, 11) is 0. The number of H-pyrrole nitrogens is 1. The van der Waals surface area contributed by atoms with E-state index in [1.165, 1.54) is 0 Å². The monoisotopic (exact) mass is 491 g/mol. The lowest BCUT2D eigenvalue weighted by molar-refractivity contribution is 0.00625. The van der Waals surface area contributed by atoms with Gasteiger partial charge in [0.2, 0.25) is 0 Å². The third-order valence-electron chi connectivity index (χ3n) is 5.96. The van der Waals surface area contributed by atoms with Crippen LogP contribution in [0.15, 0.2) is 54.6 Å². The smallest absolute Gasteiger partial charge is 0.355 e. The Balaban J connectivity index is 1.64. The van der Waals surface area contributed by atoms with Crippen molar-refractivity contribution in [2.45, 2.75) is 65.4 Å². The van der Waals surface area contributed by atoms with Crippen LogP contribution in [0.2, 0.25) is 5.02 Å². The van der Waals surface area contributed by atoms with Gasteiger partial charge >= 0.3 is 5.97 Å². The van der Waals surface area contributed by atoms with Crippen molar-refractivity contribution in [3.8, 4) is 5.75 Å². The number of rotatable bonds is 6. The van der Waals surface area contributed by atoms with Crippen LogP contribution in [0.5, 0.6) is 5.75 Å². The molecule has 0 bridgehead atoms. The van der Waals surface area contributed by atoms with Gasteiger partial charge in [-0.25, -0.2) is 4.79 Å². The number of hydrogen-bond acceptors (Lipinski definition) is 3. The third kappa shape index (κ3) is 5.48. The molecule has 1 N–H and O–H groups in total. The maximum atomic E-state index is 13.2. The topological polar surface area (TPSA) is 51.3 Å². The zero-order valence-corrected chi connectivity index (χ0v) is 22.2. The summed E-state index contributed by atoms with van der Waals surface area (Å²) in [5.74, 6) is 0.519. The molecule has 1 aromatic heterocycles. The molecule has 0 fully saturated rings. The van der Waals surface area contributed by atoms with E-state index in [0.717, 1.165) is 45.0 Å². The maximum Gasteiger partial charge on any atom is 0.355 e. The molecule has 4 aromatic rings. The number of ether oxygens (including phenoxy) is 2. The Hall–Kier alpha value is -2.98. The highest BCUT2D eigenvalue weighted by Crippen LogP contribution is 2.38. The van der Waals surface area contributed by atoms with E-state index in [9.17, 15) is 4.79 Å². The maximum absolute atomic E-state index is 13.2. The number of aromatic nitrogens is 1. The minimum Gasteiger partial charge on any atom is -0.493 e. The summed E-state index contributed by atoms with van der Waals surface area (Å²) in [5, 5.41) is 3.94. The molecule has 5 heteroatoms. The van der Waals surface area contributed by atoms with Crippen LogP contribution in [0.4, 0.5) is 0 Å². The average molecular weight is 492 g/mol. The Kier molecular flexibility index (Phi) is 6.88. The minimum atomic E-state index is -0.590. The van der Waals surface area contributed by atoms with Crippen molar-refractivity contribution in [2.24, 2.45) is 0 Å². The number of aryl methyl sites for hydroxylation is 1. The first-order valence-corrected chi connectivity index (χ1v) is 12.5. The van der Waals surface area contributed by atoms with Crippen molar-refractivity contribution < 1.29 is 14.3 Å². The number of esters is 1. The summed E-state index contributed by atoms with van der Waals surface area (Å²) in [5.41, 5.74) is 2.55. The first-order chi connectivity index (χ1) is 16.5. The summed E-state index contributed by atoms with van der Waals surface area (Å²) in [6.45, 7) is 12.5. The van der Waals surface area contributed by atoms with E-state index in [-0.39, 0.29) is 11.4 Å². The van der Waals surface area contributed by atoms with E-state index in [1.54, 1.807) is 0 Å². The molecule has 184 valence electrons. The van der Waals surface area contributed by atoms with Gasteiger partial charge in [-0.05, 0) is 62.1 Å². The van der Waals surface area contributed by atoms with Gasteiger partial charge in [-0.2, -0.15) is 0 Å². The Morgan fingerprint density at radius 1 is 0.914 bits per heavy atom. The van der Waals surface area contributed by atoms with Crippen LogP contribution in [0.1, 0.15) is 69.6 Å². The molecule has 1 heterocycles. The normalized spacial score (nSPS) is 12.3. The lowest BCUT2D eigenvalue weighted by Gasteiger charge is -2.21.